The lowest BCUT2D eigenvalue weighted by molar-refractivity contribution is -0.137. The predicted molar refractivity (Wildman–Crippen MR) is 90.0 cm³/mol. The second kappa shape index (κ2) is 6.45. The molecule has 1 heterocycles. The Hall–Kier alpha value is -0.670. The van der Waals surface area contributed by atoms with Gasteiger partial charge in [0, 0.05) is 11.6 Å². The molecule has 2 rings (SSSR count). The highest BCUT2D eigenvalue weighted by Gasteiger charge is 2.38. The van der Waals surface area contributed by atoms with Gasteiger partial charge < -0.3 is 5.11 Å². The van der Waals surface area contributed by atoms with Crippen molar-refractivity contribution in [2.75, 3.05) is 23.9 Å². The maximum absolute atomic E-state index is 10.9. The number of hydrogen-bond acceptors (Lipinski definition) is 5. The van der Waals surface area contributed by atoms with Gasteiger partial charge in [-0.2, -0.15) is 4.31 Å². The first-order valence-electron chi connectivity index (χ1n) is 5.97. The Bertz CT molecular complexity index is 616. The van der Waals surface area contributed by atoms with E-state index in [2.05, 4.69) is 6.58 Å². The van der Waals surface area contributed by atoms with Gasteiger partial charge in [-0.1, -0.05) is 41.4 Å². The number of carbonyl (C=O) groups is 1. The van der Waals surface area contributed by atoms with Crippen LogP contribution >= 0.6 is 45.8 Å². The van der Waals surface area contributed by atoms with Crippen LogP contribution in [-0.2, 0) is 4.79 Å². The maximum Gasteiger partial charge on any atom is 0.319 e. The molecule has 1 saturated heterocycles. The molecular formula is C12H13Cl3N2O4S. The van der Waals surface area contributed by atoms with E-state index in [1.807, 2.05) is 0 Å². The van der Waals surface area contributed by atoms with Crippen LogP contribution in [0.2, 0.25) is 15.1 Å². The quantitative estimate of drug-likeness (QED) is 0.680. The summed E-state index contributed by atoms with van der Waals surface area (Å²) < 4.78 is 23.1. The molecule has 0 spiro atoms. The van der Waals surface area contributed by atoms with Crippen molar-refractivity contribution in [3.05, 3.63) is 39.4 Å². The lowest BCUT2D eigenvalue weighted by Crippen LogP contribution is -2.48. The number of anilines is 1. The molecular weight excluding hydrogens is 375 g/mol. The van der Waals surface area contributed by atoms with Crippen molar-refractivity contribution >= 4 is 57.4 Å². The Morgan fingerprint density at radius 2 is 1.77 bits per heavy atom. The maximum atomic E-state index is 10.9. The highest BCUT2D eigenvalue weighted by Crippen LogP contribution is 2.55. The summed E-state index contributed by atoms with van der Waals surface area (Å²) in [7, 11) is -3.59. The molecule has 1 aliphatic rings. The van der Waals surface area contributed by atoms with E-state index in [9.17, 15) is 13.9 Å². The first-order valence-corrected chi connectivity index (χ1v) is 8.56. The molecule has 1 aliphatic heterocycles. The fraction of sp³-hybridized carbons (Fsp3) is 0.250. The zero-order chi connectivity index (χ0) is 16.7. The number of rotatable bonds is 3. The molecule has 0 aromatic heterocycles. The molecule has 22 heavy (non-hydrogen) atoms. The van der Waals surface area contributed by atoms with Crippen LogP contribution in [0, 0.1) is 0 Å². The summed E-state index contributed by atoms with van der Waals surface area (Å²) in [5, 5.41) is 9.47. The van der Waals surface area contributed by atoms with Crippen LogP contribution in [0.4, 0.5) is 5.69 Å². The third-order valence-corrected chi connectivity index (χ3v) is 5.60. The highest BCUT2D eigenvalue weighted by atomic mass is 35.5. The molecule has 0 atom stereocenters. The van der Waals surface area contributed by atoms with E-state index in [1.54, 1.807) is 0 Å². The van der Waals surface area contributed by atoms with Crippen molar-refractivity contribution in [3.8, 4) is 0 Å². The van der Waals surface area contributed by atoms with Crippen LogP contribution in [0.1, 0.15) is 0 Å². The van der Waals surface area contributed by atoms with Gasteiger partial charge in [-0.25, -0.2) is 0 Å². The average molecular weight is 388 g/mol. The molecule has 1 aromatic carbocycles. The first kappa shape index (κ1) is 17.7. The van der Waals surface area contributed by atoms with Crippen molar-refractivity contribution in [3.63, 3.8) is 0 Å². The SMILES string of the molecule is C=C1CN(CC(=O)O)S(O)(O)N(c2c(Cl)cc(Cl)cc2Cl)C1. The van der Waals surface area contributed by atoms with Crippen LogP contribution < -0.4 is 4.31 Å². The Balaban J connectivity index is 2.49. The largest absolute Gasteiger partial charge is 0.480 e. The molecule has 122 valence electrons. The van der Waals surface area contributed by atoms with Crippen LogP contribution in [0.5, 0.6) is 0 Å². The van der Waals surface area contributed by atoms with Crippen molar-refractivity contribution in [1.82, 2.24) is 4.31 Å². The van der Waals surface area contributed by atoms with E-state index >= 15 is 0 Å². The average Bonchev–Trinajstić information content (AvgIpc) is 2.33. The van der Waals surface area contributed by atoms with Crippen LogP contribution in [-0.4, -0.2) is 44.1 Å². The van der Waals surface area contributed by atoms with Crippen molar-refractivity contribution in [1.29, 1.82) is 0 Å². The zero-order valence-electron chi connectivity index (χ0n) is 11.2. The summed E-state index contributed by atoms with van der Waals surface area (Å²) in [6.45, 7) is 3.37. The number of aliphatic carboxylic acids is 1. The molecule has 10 heteroatoms. The van der Waals surface area contributed by atoms with Gasteiger partial charge >= 0.3 is 5.97 Å². The fourth-order valence-corrected chi connectivity index (χ4v) is 4.92. The number of benzene rings is 1. The molecule has 1 fully saturated rings. The molecule has 3 N–H and O–H groups in total. The van der Waals surface area contributed by atoms with Crippen LogP contribution in [0.25, 0.3) is 0 Å². The fourth-order valence-electron chi connectivity index (χ4n) is 2.08. The summed E-state index contributed by atoms with van der Waals surface area (Å²) >= 11 is 18.1. The van der Waals surface area contributed by atoms with Crippen LogP contribution in [0.3, 0.4) is 0 Å². The minimum atomic E-state index is -3.59. The van der Waals surface area contributed by atoms with Crippen molar-refractivity contribution in [2.45, 2.75) is 0 Å². The van der Waals surface area contributed by atoms with E-state index in [0.717, 1.165) is 8.61 Å². The van der Waals surface area contributed by atoms with Crippen molar-refractivity contribution in [2.24, 2.45) is 0 Å². The summed E-state index contributed by atoms with van der Waals surface area (Å²) in [4.78, 5) is 10.9. The minimum Gasteiger partial charge on any atom is -0.480 e. The second-order valence-electron chi connectivity index (χ2n) is 4.69. The molecule has 0 aliphatic carbocycles. The van der Waals surface area contributed by atoms with E-state index in [1.165, 1.54) is 12.1 Å². The van der Waals surface area contributed by atoms with E-state index in [0.29, 0.717) is 10.6 Å². The third kappa shape index (κ3) is 3.46. The number of carboxylic acids is 1. The Morgan fingerprint density at radius 3 is 2.27 bits per heavy atom. The molecule has 6 nitrogen and oxygen atoms in total. The Labute approximate surface area is 144 Å². The normalized spacial score (nSPS) is 20.0. The smallest absolute Gasteiger partial charge is 0.319 e. The summed E-state index contributed by atoms with van der Waals surface area (Å²) in [5.41, 5.74) is 0.763. The standard InChI is InChI=1S/C12H13Cl3N2O4S/c1-7-4-16(6-11(18)19)22(20,21)17(5-7)12-9(14)2-8(13)3-10(12)15/h2-3,20-21H,1,4-6H2,(H,18,19). The van der Waals surface area contributed by atoms with Crippen molar-refractivity contribution < 1.29 is 19.0 Å². The van der Waals surface area contributed by atoms with Gasteiger partial charge in [-0.05, 0) is 28.7 Å². The lowest BCUT2D eigenvalue weighted by atomic mass is 10.2. The van der Waals surface area contributed by atoms with Gasteiger partial charge in [0.15, 0.2) is 0 Å². The minimum absolute atomic E-state index is 0.0496. The highest BCUT2D eigenvalue weighted by molar-refractivity contribution is 8.23. The molecule has 0 bridgehead atoms. The lowest BCUT2D eigenvalue weighted by Gasteiger charge is -2.53. The van der Waals surface area contributed by atoms with Gasteiger partial charge in [0.05, 0.1) is 22.3 Å². The predicted octanol–water partition coefficient (Wildman–Crippen LogP) is 3.99. The summed E-state index contributed by atoms with van der Waals surface area (Å²) in [5.74, 6) is -1.19. The van der Waals surface area contributed by atoms with Gasteiger partial charge in [0.1, 0.15) is 6.54 Å². The number of halogens is 3. The summed E-state index contributed by atoms with van der Waals surface area (Å²) in [6, 6.07) is 2.83. The molecule has 0 saturated carbocycles. The molecule has 0 radical (unpaired) electrons. The van der Waals surface area contributed by atoms with Gasteiger partial charge in [-0.3, -0.25) is 18.2 Å². The van der Waals surface area contributed by atoms with E-state index in [4.69, 9.17) is 39.9 Å². The topological polar surface area (TPSA) is 84.2 Å². The third-order valence-electron chi connectivity index (χ3n) is 2.95. The Kier molecular flexibility index (Phi) is 5.18. The zero-order valence-corrected chi connectivity index (χ0v) is 14.3. The van der Waals surface area contributed by atoms with E-state index in [-0.39, 0.29) is 28.8 Å². The van der Waals surface area contributed by atoms with Gasteiger partial charge in [0.25, 0.3) is 0 Å². The van der Waals surface area contributed by atoms with Crippen LogP contribution in [0.15, 0.2) is 24.3 Å². The number of nitrogens with zero attached hydrogens (tertiary/aromatic N) is 2. The van der Waals surface area contributed by atoms with E-state index < -0.39 is 23.5 Å². The monoisotopic (exact) mass is 386 g/mol. The first-order chi connectivity index (χ1) is 10.1. The second-order valence-corrected chi connectivity index (χ2v) is 7.87. The van der Waals surface area contributed by atoms with Gasteiger partial charge in [-0.15, -0.1) is 0 Å². The molecule has 0 unspecified atom stereocenters. The molecule has 0 amide bonds. The molecule has 1 aromatic rings. The summed E-state index contributed by atoms with van der Waals surface area (Å²) in [6.07, 6.45) is 0. The van der Waals surface area contributed by atoms with Gasteiger partial charge in [0.2, 0.25) is 0 Å². The number of hydrogen-bond donors (Lipinski definition) is 3. The Morgan fingerprint density at radius 1 is 1.23 bits per heavy atom. The number of carboxylic acid groups (broad SMARTS) is 1.